The Morgan fingerprint density at radius 3 is 2.39 bits per heavy atom. The fourth-order valence-corrected chi connectivity index (χ4v) is 2.53. The molecule has 0 spiro atoms. The molecule has 0 bridgehead atoms. The zero-order valence-electron chi connectivity index (χ0n) is 19.7. The standard InChI is InChI=1S/C17H20N8O2.C3H4O.C2H6/c1-18-13-8-12(14(23-22-13)17(26)19-2)21-11-7-5-6-10(15(11)27-4)16-20-9-25(3)24-16;1-2-3-4;1-2/h5-9H,1-4H3,(H,19,26)(H2,18,21,22);2-3H,1H2;1-2H3. The van der Waals surface area contributed by atoms with Crippen LogP contribution < -0.4 is 20.7 Å². The number of anilines is 3. The summed E-state index contributed by atoms with van der Waals surface area (Å²) in [4.78, 5) is 25.5. The molecule has 11 heteroatoms. The maximum absolute atomic E-state index is 12.1. The van der Waals surface area contributed by atoms with Crippen molar-refractivity contribution in [1.82, 2.24) is 30.3 Å². The second-order valence-corrected chi connectivity index (χ2v) is 5.95. The third-order valence-corrected chi connectivity index (χ3v) is 3.92. The molecule has 176 valence electrons. The Morgan fingerprint density at radius 2 is 1.88 bits per heavy atom. The summed E-state index contributed by atoms with van der Waals surface area (Å²) >= 11 is 0. The quantitative estimate of drug-likeness (QED) is 0.363. The van der Waals surface area contributed by atoms with Gasteiger partial charge in [-0.1, -0.05) is 26.5 Å². The van der Waals surface area contributed by atoms with Gasteiger partial charge in [-0.3, -0.25) is 14.3 Å². The molecule has 0 saturated carbocycles. The number of aldehydes is 1. The maximum atomic E-state index is 12.1. The third kappa shape index (κ3) is 7.13. The largest absolute Gasteiger partial charge is 0.494 e. The van der Waals surface area contributed by atoms with Crippen molar-refractivity contribution >= 4 is 29.4 Å². The number of hydrogen-bond donors (Lipinski definition) is 3. The number of para-hydroxylation sites is 1. The van der Waals surface area contributed by atoms with Gasteiger partial charge < -0.3 is 20.7 Å². The van der Waals surface area contributed by atoms with E-state index in [1.165, 1.54) is 13.1 Å². The molecule has 2 heterocycles. The van der Waals surface area contributed by atoms with Crippen LogP contribution >= 0.6 is 0 Å². The lowest BCUT2D eigenvalue weighted by molar-refractivity contribution is -0.104. The lowest BCUT2D eigenvalue weighted by atomic mass is 10.1. The van der Waals surface area contributed by atoms with Crippen LogP contribution in [0.5, 0.6) is 5.75 Å². The van der Waals surface area contributed by atoms with E-state index in [0.29, 0.717) is 35.1 Å². The molecule has 3 aromatic rings. The van der Waals surface area contributed by atoms with Crippen molar-refractivity contribution in [3.05, 3.63) is 48.9 Å². The van der Waals surface area contributed by atoms with E-state index in [1.807, 2.05) is 32.0 Å². The van der Waals surface area contributed by atoms with Gasteiger partial charge in [0, 0.05) is 27.2 Å². The summed E-state index contributed by atoms with van der Waals surface area (Å²) in [6, 6.07) is 7.24. The molecule has 0 radical (unpaired) electrons. The van der Waals surface area contributed by atoms with E-state index in [2.05, 4.69) is 42.8 Å². The first-order valence-electron chi connectivity index (χ1n) is 10.1. The number of hydrogen-bond acceptors (Lipinski definition) is 9. The molecule has 3 rings (SSSR count). The molecule has 0 saturated heterocycles. The van der Waals surface area contributed by atoms with Gasteiger partial charge in [-0.15, -0.1) is 10.2 Å². The van der Waals surface area contributed by atoms with Crippen LogP contribution in [-0.2, 0) is 11.8 Å². The van der Waals surface area contributed by atoms with Gasteiger partial charge >= 0.3 is 0 Å². The lowest BCUT2D eigenvalue weighted by Gasteiger charge is -2.15. The smallest absolute Gasteiger partial charge is 0.273 e. The van der Waals surface area contributed by atoms with Crippen LogP contribution in [0.1, 0.15) is 24.3 Å². The average molecular weight is 455 g/mol. The Kier molecular flexibility index (Phi) is 11.3. The normalized spacial score (nSPS) is 9.27. The van der Waals surface area contributed by atoms with Crippen molar-refractivity contribution in [3.63, 3.8) is 0 Å². The van der Waals surface area contributed by atoms with E-state index in [9.17, 15) is 4.79 Å². The Hall–Kier alpha value is -4.28. The van der Waals surface area contributed by atoms with Crippen LogP contribution in [0, 0.1) is 0 Å². The van der Waals surface area contributed by atoms with Crippen LogP contribution in [0.2, 0.25) is 0 Å². The number of methoxy groups -OCH3 is 1. The van der Waals surface area contributed by atoms with Gasteiger partial charge in [0.05, 0.1) is 24.0 Å². The van der Waals surface area contributed by atoms with E-state index in [0.717, 1.165) is 5.56 Å². The zero-order chi connectivity index (χ0) is 24.8. The minimum atomic E-state index is -0.353. The molecule has 2 aromatic heterocycles. The molecular weight excluding hydrogens is 424 g/mol. The molecule has 0 aliphatic rings. The number of ether oxygens (including phenoxy) is 1. The van der Waals surface area contributed by atoms with E-state index in [4.69, 9.17) is 9.53 Å². The summed E-state index contributed by atoms with van der Waals surface area (Å²) in [7, 11) is 6.62. The van der Waals surface area contributed by atoms with E-state index >= 15 is 0 Å². The number of allylic oxidation sites excluding steroid dienone is 1. The molecule has 0 aliphatic carbocycles. The summed E-state index contributed by atoms with van der Waals surface area (Å²) in [5.74, 6) is 1.25. The Morgan fingerprint density at radius 1 is 1.18 bits per heavy atom. The highest BCUT2D eigenvalue weighted by atomic mass is 16.5. The predicted octanol–water partition coefficient (Wildman–Crippen LogP) is 2.82. The van der Waals surface area contributed by atoms with Crippen molar-refractivity contribution in [2.75, 3.05) is 31.8 Å². The number of amides is 1. The summed E-state index contributed by atoms with van der Waals surface area (Å²) in [5, 5.41) is 21.0. The van der Waals surface area contributed by atoms with Crippen molar-refractivity contribution in [1.29, 1.82) is 0 Å². The van der Waals surface area contributed by atoms with Crippen molar-refractivity contribution in [2.24, 2.45) is 7.05 Å². The van der Waals surface area contributed by atoms with Gasteiger partial charge in [0.25, 0.3) is 5.91 Å². The number of benzene rings is 1. The monoisotopic (exact) mass is 454 g/mol. The van der Waals surface area contributed by atoms with E-state index < -0.39 is 0 Å². The number of carbonyl (C=O) groups excluding carboxylic acids is 2. The minimum absolute atomic E-state index is 0.167. The number of carbonyl (C=O) groups is 2. The average Bonchev–Trinajstić information content (AvgIpc) is 3.30. The molecule has 3 N–H and O–H groups in total. The summed E-state index contributed by atoms with van der Waals surface area (Å²) < 4.78 is 7.21. The van der Waals surface area contributed by atoms with Crippen molar-refractivity contribution in [2.45, 2.75) is 13.8 Å². The van der Waals surface area contributed by atoms with E-state index in [1.54, 1.807) is 38.3 Å². The van der Waals surface area contributed by atoms with Crippen LogP contribution in [0.25, 0.3) is 11.4 Å². The Bertz CT molecular complexity index is 1060. The first-order valence-corrected chi connectivity index (χ1v) is 10.1. The number of aromatic nitrogens is 5. The lowest BCUT2D eigenvalue weighted by Crippen LogP contribution is -2.21. The van der Waals surface area contributed by atoms with Crippen LogP contribution in [0.4, 0.5) is 17.2 Å². The number of nitrogens with one attached hydrogen (secondary N) is 3. The molecule has 0 aliphatic heterocycles. The second-order valence-electron chi connectivity index (χ2n) is 5.95. The topological polar surface area (TPSA) is 136 Å². The fourth-order valence-electron chi connectivity index (χ4n) is 2.53. The summed E-state index contributed by atoms with van der Waals surface area (Å²) in [6.07, 6.45) is 3.45. The highest BCUT2D eigenvalue weighted by Gasteiger charge is 2.18. The first-order chi connectivity index (χ1) is 16.0. The van der Waals surface area contributed by atoms with Crippen LogP contribution in [0.3, 0.4) is 0 Å². The summed E-state index contributed by atoms with van der Waals surface area (Å²) in [5.41, 5.74) is 2.01. The van der Waals surface area contributed by atoms with Crippen molar-refractivity contribution in [3.8, 4) is 17.1 Å². The molecule has 33 heavy (non-hydrogen) atoms. The molecule has 1 aromatic carbocycles. The molecule has 0 unspecified atom stereocenters. The second kappa shape index (κ2) is 13.9. The third-order valence-electron chi connectivity index (χ3n) is 3.92. The Balaban J connectivity index is 0.000000820. The van der Waals surface area contributed by atoms with Gasteiger partial charge in [-0.25, -0.2) is 4.98 Å². The minimum Gasteiger partial charge on any atom is -0.494 e. The number of rotatable bonds is 7. The van der Waals surface area contributed by atoms with Crippen molar-refractivity contribution < 1.29 is 14.3 Å². The van der Waals surface area contributed by atoms with Gasteiger partial charge in [0.2, 0.25) is 0 Å². The fraction of sp³-hybridized carbons (Fsp3) is 0.273. The van der Waals surface area contributed by atoms with Gasteiger partial charge in [-0.2, -0.15) is 5.10 Å². The first kappa shape index (κ1) is 26.8. The van der Waals surface area contributed by atoms with Gasteiger partial charge in [0.1, 0.15) is 12.6 Å². The number of nitrogens with zero attached hydrogens (tertiary/aromatic N) is 5. The highest BCUT2D eigenvalue weighted by molar-refractivity contribution is 5.98. The van der Waals surface area contributed by atoms with Crippen LogP contribution in [0.15, 0.2) is 43.2 Å². The molecular formula is C22H30N8O3. The maximum Gasteiger partial charge on any atom is 0.273 e. The summed E-state index contributed by atoms with van der Waals surface area (Å²) in [6.45, 7) is 7.11. The predicted molar refractivity (Wildman–Crippen MR) is 129 cm³/mol. The zero-order valence-corrected chi connectivity index (χ0v) is 19.7. The van der Waals surface area contributed by atoms with Crippen LogP contribution in [-0.4, -0.2) is 58.4 Å². The van der Waals surface area contributed by atoms with Gasteiger partial charge in [0.15, 0.2) is 23.1 Å². The Labute approximate surface area is 193 Å². The molecule has 1 amide bonds. The van der Waals surface area contributed by atoms with Gasteiger partial charge in [-0.05, 0) is 18.2 Å². The molecule has 0 fully saturated rings. The molecule has 11 nitrogen and oxygen atoms in total. The number of aryl methyl sites for hydroxylation is 1. The molecule has 0 atom stereocenters. The highest BCUT2D eigenvalue weighted by Crippen LogP contribution is 2.37. The van der Waals surface area contributed by atoms with E-state index in [-0.39, 0.29) is 11.6 Å². The SMILES string of the molecule is C=CC=O.CC.CNC(=O)c1nnc(NC)cc1Nc1cccc(-c2ncn(C)n2)c1OC.